The van der Waals surface area contributed by atoms with E-state index >= 15 is 0 Å². The van der Waals surface area contributed by atoms with Crippen LogP contribution in [0.1, 0.15) is 28.9 Å². The number of para-hydroxylation sites is 1. The molecule has 0 radical (unpaired) electrons. The molecular weight excluding hydrogens is 374 g/mol. The van der Waals surface area contributed by atoms with Gasteiger partial charge in [0.1, 0.15) is 16.6 Å². The fourth-order valence-corrected chi connectivity index (χ4v) is 2.69. The van der Waals surface area contributed by atoms with Crippen molar-refractivity contribution in [3.8, 4) is 6.01 Å². The molecule has 0 aliphatic carbocycles. The topological polar surface area (TPSA) is 141 Å². The summed E-state index contributed by atoms with van der Waals surface area (Å²) in [5, 5.41) is 20.7. The molecule has 0 spiro atoms. The van der Waals surface area contributed by atoms with Gasteiger partial charge in [-0.2, -0.15) is 4.98 Å². The second-order valence-corrected chi connectivity index (χ2v) is 6.25. The number of aliphatic hydroxyl groups is 1. The third-order valence-corrected chi connectivity index (χ3v) is 4.15. The van der Waals surface area contributed by atoms with Crippen LogP contribution in [0.2, 0.25) is 0 Å². The van der Waals surface area contributed by atoms with Crippen LogP contribution in [-0.4, -0.2) is 36.1 Å². The number of amides is 1. The van der Waals surface area contributed by atoms with Gasteiger partial charge in [0.15, 0.2) is 5.82 Å². The van der Waals surface area contributed by atoms with Crippen molar-refractivity contribution in [1.82, 2.24) is 25.1 Å². The molecule has 0 aliphatic heterocycles. The summed E-state index contributed by atoms with van der Waals surface area (Å²) < 4.78 is 0. The van der Waals surface area contributed by atoms with E-state index in [-0.39, 0.29) is 17.4 Å². The maximum atomic E-state index is 11.8. The number of nitrogens with two attached hydrogens (primary N) is 1. The summed E-state index contributed by atoms with van der Waals surface area (Å²) in [4.78, 5) is 26.8. The minimum absolute atomic E-state index is 0.0557. The predicted octanol–water partition coefficient (Wildman–Crippen LogP) is 1.96. The molecule has 4 aromatic rings. The predicted molar refractivity (Wildman–Crippen MR) is 104 cm³/mol. The number of aliphatic hydroxyl groups excluding tert-OH is 1. The first-order valence-corrected chi connectivity index (χ1v) is 8.72. The number of primary amides is 1. The highest BCUT2D eigenvalue weighted by Gasteiger charge is 2.15. The number of hydrogen-bond donors (Lipinski definition) is 3. The van der Waals surface area contributed by atoms with Crippen molar-refractivity contribution in [2.24, 2.45) is 5.73 Å². The van der Waals surface area contributed by atoms with Crippen LogP contribution in [0.15, 0.2) is 54.7 Å². The number of aromatic nitrogens is 5. The van der Waals surface area contributed by atoms with E-state index in [1.807, 2.05) is 12.1 Å². The molecule has 1 amide bonds. The van der Waals surface area contributed by atoms with Crippen LogP contribution >= 0.6 is 0 Å². The van der Waals surface area contributed by atoms with E-state index < -0.39 is 12.0 Å². The second-order valence-electron chi connectivity index (χ2n) is 6.25. The molecule has 0 aliphatic rings. The average Bonchev–Trinajstić information content (AvgIpc) is 3.11. The molecule has 4 N–H and O–H groups in total. The van der Waals surface area contributed by atoms with E-state index in [0.717, 1.165) is 0 Å². The van der Waals surface area contributed by atoms with Crippen LogP contribution in [0, 0.1) is 0 Å². The van der Waals surface area contributed by atoms with Crippen LogP contribution < -0.4 is 15.9 Å². The zero-order valence-electron chi connectivity index (χ0n) is 15.4. The Hall–Kier alpha value is -4.05. The fourth-order valence-electron chi connectivity index (χ4n) is 2.69. The van der Waals surface area contributed by atoms with Gasteiger partial charge < -0.3 is 21.0 Å². The summed E-state index contributed by atoms with van der Waals surface area (Å²) in [6.07, 6.45) is 0.627. The zero-order valence-corrected chi connectivity index (χ0v) is 15.4. The van der Waals surface area contributed by atoms with E-state index in [0.29, 0.717) is 22.3 Å². The standard InChI is InChI=1S/C19H17N7O3/c1-11(27)12-5-4-6-13(9-12)22-18-14(17(20)28)10-21-19(23-18)29-26-16-8-3-2-7-15(16)24-25-26/h2-11,27H,1H3,(H2,20,28)(H,21,22,23). The Balaban J connectivity index is 1.67. The maximum Gasteiger partial charge on any atom is 0.347 e. The van der Waals surface area contributed by atoms with Gasteiger partial charge in [-0.15, -0.1) is 5.10 Å². The van der Waals surface area contributed by atoms with Crippen LogP contribution in [0.25, 0.3) is 11.0 Å². The third-order valence-electron chi connectivity index (χ3n) is 4.15. The van der Waals surface area contributed by atoms with Crippen molar-refractivity contribution in [3.63, 3.8) is 0 Å². The Morgan fingerprint density at radius 3 is 2.86 bits per heavy atom. The summed E-state index contributed by atoms with van der Waals surface area (Å²) in [7, 11) is 0. The number of rotatable bonds is 6. The highest BCUT2D eigenvalue weighted by Crippen LogP contribution is 2.23. The summed E-state index contributed by atoms with van der Waals surface area (Å²) in [6.45, 7) is 1.66. The largest absolute Gasteiger partial charge is 0.389 e. The van der Waals surface area contributed by atoms with Gasteiger partial charge in [0, 0.05) is 11.9 Å². The number of hydrogen-bond acceptors (Lipinski definition) is 8. The number of carbonyl (C=O) groups is 1. The quantitative estimate of drug-likeness (QED) is 0.453. The number of anilines is 2. The van der Waals surface area contributed by atoms with Crippen molar-refractivity contribution >= 4 is 28.4 Å². The zero-order chi connectivity index (χ0) is 20.4. The summed E-state index contributed by atoms with van der Waals surface area (Å²) in [6, 6.07) is 14.2. The molecule has 1 atom stereocenters. The molecular formula is C19H17N7O3. The minimum atomic E-state index is -0.697. The van der Waals surface area contributed by atoms with Gasteiger partial charge in [0.05, 0.1) is 6.10 Å². The first kappa shape index (κ1) is 18.3. The maximum absolute atomic E-state index is 11.8. The second kappa shape index (κ2) is 7.52. The molecule has 1 unspecified atom stereocenters. The Kier molecular flexibility index (Phi) is 4.75. The van der Waals surface area contributed by atoms with Gasteiger partial charge in [0.25, 0.3) is 5.91 Å². The lowest BCUT2D eigenvalue weighted by atomic mass is 10.1. The van der Waals surface area contributed by atoms with E-state index in [1.54, 1.807) is 43.3 Å². The molecule has 0 bridgehead atoms. The molecule has 2 aromatic carbocycles. The van der Waals surface area contributed by atoms with Crippen LogP contribution in [-0.2, 0) is 0 Å². The van der Waals surface area contributed by atoms with E-state index in [1.165, 1.54) is 11.0 Å². The van der Waals surface area contributed by atoms with Crippen LogP contribution in [0.5, 0.6) is 6.01 Å². The van der Waals surface area contributed by atoms with Crippen molar-refractivity contribution in [3.05, 3.63) is 65.9 Å². The summed E-state index contributed by atoms with van der Waals surface area (Å²) >= 11 is 0. The normalized spacial score (nSPS) is 11.9. The molecule has 4 rings (SSSR count). The number of benzene rings is 2. The molecule has 0 saturated heterocycles. The summed E-state index contributed by atoms with van der Waals surface area (Å²) in [5.41, 5.74) is 8.12. The number of nitrogens with zero attached hydrogens (tertiary/aromatic N) is 5. The van der Waals surface area contributed by atoms with E-state index in [4.69, 9.17) is 10.6 Å². The Morgan fingerprint density at radius 1 is 1.24 bits per heavy atom. The minimum Gasteiger partial charge on any atom is -0.389 e. The van der Waals surface area contributed by atoms with E-state index in [9.17, 15) is 9.90 Å². The number of carbonyl (C=O) groups excluding carboxylic acids is 1. The number of fused-ring (bicyclic) bond motifs is 1. The van der Waals surface area contributed by atoms with Crippen molar-refractivity contribution in [2.45, 2.75) is 13.0 Å². The SMILES string of the molecule is CC(O)c1cccc(Nc2nc(On3nnc4ccccc43)ncc2C(N)=O)c1. The lowest BCUT2D eigenvalue weighted by Crippen LogP contribution is -2.17. The highest BCUT2D eigenvalue weighted by molar-refractivity contribution is 5.98. The Morgan fingerprint density at radius 2 is 2.07 bits per heavy atom. The molecule has 0 saturated carbocycles. The van der Waals surface area contributed by atoms with Gasteiger partial charge in [-0.1, -0.05) is 29.1 Å². The molecule has 10 nitrogen and oxygen atoms in total. The van der Waals surface area contributed by atoms with Gasteiger partial charge in [-0.3, -0.25) is 4.79 Å². The Labute approximate surface area is 164 Å². The van der Waals surface area contributed by atoms with Gasteiger partial charge in [0.2, 0.25) is 0 Å². The van der Waals surface area contributed by atoms with Crippen LogP contribution in [0.3, 0.4) is 0 Å². The molecule has 29 heavy (non-hydrogen) atoms. The van der Waals surface area contributed by atoms with Gasteiger partial charge in [-0.05, 0) is 42.0 Å². The Bertz CT molecular complexity index is 1190. The smallest absolute Gasteiger partial charge is 0.347 e. The first-order valence-electron chi connectivity index (χ1n) is 8.72. The molecule has 2 aromatic heterocycles. The van der Waals surface area contributed by atoms with Crippen molar-refractivity contribution < 1.29 is 14.7 Å². The van der Waals surface area contributed by atoms with Gasteiger partial charge >= 0.3 is 6.01 Å². The monoisotopic (exact) mass is 391 g/mol. The van der Waals surface area contributed by atoms with Gasteiger partial charge in [-0.25, -0.2) is 4.98 Å². The summed E-state index contributed by atoms with van der Waals surface area (Å²) in [5.74, 6) is -0.536. The molecule has 146 valence electrons. The molecule has 0 fully saturated rings. The highest BCUT2D eigenvalue weighted by atomic mass is 16.7. The molecule has 10 heteroatoms. The fraction of sp³-hybridized carbons (Fsp3) is 0.105. The van der Waals surface area contributed by atoms with Crippen LogP contribution in [0.4, 0.5) is 11.5 Å². The van der Waals surface area contributed by atoms with Crippen molar-refractivity contribution in [1.29, 1.82) is 0 Å². The average molecular weight is 391 g/mol. The first-order chi connectivity index (χ1) is 14.0. The van der Waals surface area contributed by atoms with Crippen molar-refractivity contribution in [2.75, 3.05) is 5.32 Å². The lowest BCUT2D eigenvalue weighted by molar-refractivity contribution is 0.1000. The third kappa shape index (κ3) is 3.82. The van der Waals surface area contributed by atoms with E-state index in [2.05, 4.69) is 25.6 Å². The lowest BCUT2D eigenvalue weighted by Gasteiger charge is -2.12. The number of nitrogens with one attached hydrogen (secondary N) is 1. The molecule has 2 heterocycles.